The van der Waals surface area contributed by atoms with Gasteiger partial charge in [0.25, 0.3) is 5.91 Å². The predicted octanol–water partition coefficient (Wildman–Crippen LogP) is 2.21. The number of nitrogens with one attached hydrogen (secondary N) is 2. The van der Waals surface area contributed by atoms with Crippen LogP contribution in [0.4, 0.5) is 0 Å². The van der Waals surface area contributed by atoms with E-state index in [9.17, 15) is 9.59 Å². The van der Waals surface area contributed by atoms with E-state index < -0.39 is 0 Å². The van der Waals surface area contributed by atoms with Crippen molar-refractivity contribution in [2.75, 3.05) is 13.1 Å². The van der Waals surface area contributed by atoms with E-state index in [-0.39, 0.29) is 17.9 Å². The molecule has 2 amide bonds. The van der Waals surface area contributed by atoms with Gasteiger partial charge < -0.3 is 10.2 Å². The molecular formula is C18H22N4O2. The van der Waals surface area contributed by atoms with E-state index in [2.05, 4.69) is 15.5 Å². The first-order valence-corrected chi connectivity index (χ1v) is 8.36. The molecule has 2 N–H and O–H groups in total. The third-order valence-corrected chi connectivity index (χ3v) is 4.46. The number of amides is 2. The van der Waals surface area contributed by atoms with Gasteiger partial charge in [0.05, 0.1) is 6.20 Å². The number of hydrogen-bond acceptors (Lipinski definition) is 3. The average molecular weight is 326 g/mol. The van der Waals surface area contributed by atoms with Crippen molar-refractivity contribution in [1.82, 2.24) is 20.4 Å². The van der Waals surface area contributed by atoms with Crippen LogP contribution in [-0.2, 0) is 4.79 Å². The third kappa shape index (κ3) is 3.48. The minimum absolute atomic E-state index is 0.0266. The van der Waals surface area contributed by atoms with E-state index in [1.54, 1.807) is 6.20 Å². The topological polar surface area (TPSA) is 78.1 Å². The number of carbonyl (C=O) groups excluding carboxylic acids is 2. The molecule has 1 aromatic carbocycles. The monoisotopic (exact) mass is 326 g/mol. The summed E-state index contributed by atoms with van der Waals surface area (Å²) < 4.78 is 0. The van der Waals surface area contributed by atoms with Crippen LogP contribution in [0.3, 0.4) is 0 Å². The van der Waals surface area contributed by atoms with Crippen molar-refractivity contribution in [2.24, 2.45) is 0 Å². The van der Waals surface area contributed by atoms with Crippen molar-refractivity contribution in [2.45, 2.75) is 32.2 Å². The summed E-state index contributed by atoms with van der Waals surface area (Å²) in [4.78, 5) is 26.1. The number of hydrogen-bond donors (Lipinski definition) is 2. The first-order chi connectivity index (χ1) is 11.7. The lowest BCUT2D eigenvalue weighted by Gasteiger charge is -2.25. The van der Waals surface area contributed by atoms with Gasteiger partial charge >= 0.3 is 0 Å². The van der Waals surface area contributed by atoms with Gasteiger partial charge in [-0.15, -0.1) is 0 Å². The molecule has 1 saturated heterocycles. The number of rotatable bonds is 5. The highest BCUT2D eigenvalue weighted by atomic mass is 16.2. The Morgan fingerprint density at radius 1 is 1.29 bits per heavy atom. The van der Waals surface area contributed by atoms with Crippen LogP contribution < -0.4 is 5.32 Å². The van der Waals surface area contributed by atoms with Crippen LogP contribution in [0.5, 0.6) is 0 Å². The smallest absolute Gasteiger partial charge is 0.254 e. The van der Waals surface area contributed by atoms with E-state index >= 15 is 0 Å². The van der Waals surface area contributed by atoms with Gasteiger partial charge in [0.1, 0.15) is 0 Å². The highest BCUT2D eigenvalue weighted by Crippen LogP contribution is 2.22. The second kappa shape index (κ2) is 7.29. The number of benzene rings is 1. The maximum atomic E-state index is 12.8. The van der Waals surface area contributed by atoms with Crippen LogP contribution >= 0.6 is 0 Å². The highest BCUT2D eigenvalue weighted by molar-refractivity contribution is 5.95. The van der Waals surface area contributed by atoms with Crippen molar-refractivity contribution in [3.05, 3.63) is 42.2 Å². The van der Waals surface area contributed by atoms with E-state index in [0.717, 1.165) is 30.5 Å². The van der Waals surface area contributed by atoms with Crippen molar-refractivity contribution in [1.29, 1.82) is 0 Å². The first kappa shape index (κ1) is 16.2. The lowest BCUT2D eigenvalue weighted by molar-refractivity contribution is -0.120. The molecule has 2 aromatic rings. The SMILES string of the molecule is CCC(=O)NC[C@H]1CCCN1C(=O)c1ccc(-c2cn[nH]c2)cc1. The van der Waals surface area contributed by atoms with Crippen molar-refractivity contribution in [3.63, 3.8) is 0 Å². The number of aromatic nitrogens is 2. The molecule has 0 saturated carbocycles. The lowest BCUT2D eigenvalue weighted by atomic mass is 10.1. The number of carbonyl (C=O) groups is 2. The molecule has 2 heterocycles. The van der Waals surface area contributed by atoms with E-state index in [1.807, 2.05) is 42.3 Å². The zero-order valence-corrected chi connectivity index (χ0v) is 13.8. The fraction of sp³-hybridized carbons (Fsp3) is 0.389. The molecule has 3 rings (SSSR count). The third-order valence-electron chi connectivity index (χ3n) is 4.46. The molecule has 1 fully saturated rings. The van der Waals surface area contributed by atoms with Crippen LogP contribution in [0.15, 0.2) is 36.7 Å². The van der Waals surface area contributed by atoms with Crippen molar-refractivity contribution >= 4 is 11.8 Å². The van der Waals surface area contributed by atoms with Crippen LogP contribution in [0, 0.1) is 0 Å². The summed E-state index contributed by atoms with van der Waals surface area (Å²) in [6.45, 7) is 3.11. The van der Waals surface area contributed by atoms with Crippen molar-refractivity contribution < 1.29 is 9.59 Å². The normalized spacial score (nSPS) is 17.0. The molecule has 6 nitrogen and oxygen atoms in total. The largest absolute Gasteiger partial charge is 0.354 e. The summed E-state index contributed by atoms with van der Waals surface area (Å²) in [6.07, 6.45) is 5.96. The molecule has 0 aliphatic carbocycles. The number of likely N-dealkylation sites (tertiary alicyclic amines) is 1. The summed E-state index contributed by atoms with van der Waals surface area (Å²) in [7, 11) is 0. The highest BCUT2D eigenvalue weighted by Gasteiger charge is 2.29. The summed E-state index contributed by atoms with van der Waals surface area (Å²) >= 11 is 0. The number of H-pyrrole nitrogens is 1. The van der Waals surface area contributed by atoms with Crippen molar-refractivity contribution in [3.8, 4) is 11.1 Å². The molecule has 0 unspecified atom stereocenters. The number of aromatic amines is 1. The molecule has 1 aliphatic heterocycles. The summed E-state index contributed by atoms with van der Waals surface area (Å²) in [5.41, 5.74) is 2.69. The van der Waals surface area contributed by atoms with Crippen LogP contribution in [0.1, 0.15) is 36.5 Å². The maximum Gasteiger partial charge on any atom is 0.254 e. The Morgan fingerprint density at radius 3 is 2.75 bits per heavy atom. The molecule has 0 radical (unpaired) electrons. The molecule has 6 heteroatoms. The van der Waals surface area contributed by atoms with E-state index in [4.69, 9.17) is 0 Å². The van der Waals surface area contributed by atoms with Gasteiger partial charge in [-0.25, -0.2) is 0 Å². The average Bonchev–Trinajstić information content (AvgIpc) is 3.30. The van der Waals surface area contributed by atoms with Gasteiger partial charge in [0.15, 0.2) is 0 Å². The zero-order valence-electron chi connectivity index (χ0n) is 13.8. The number of nitrogens with zero attached hydrogens (tertiary/aromatic N) is 2. The van der Waals surface area contributed by atoms with Crippen LogP contribution in [0.2, 0.25) is 0 Å². The quantitative estimate of drug-likeness (QED) is 0.884. The first-order valence-electron chi connectivity index (χ1n) is 8.36. The molecule has 1 aromatic heterocycles. The second-order valence-electron chi connectivity index (χ2n) is 6.02. The Morgan fingerprint density at radius 2 is 2.08 bits per heavy atom. The van der Waals surface area contributed by atoms with Crippen LogP contribution in [0.25, 0.3) is 11.1 Å². The molecular weight excluding hydrogens is 304 g/mol. The van der Waals surface area contributed by atoms with Crippen LogP contribution in [-0.4, -0.2) is 46.0 Å². The summed E-state index contributed by atoms with van der Waals surface area (Å²) in [5.74, 6) is 0.0563. The zero-order chi connectivity index (χ0) is 16.9. The Kier molecular flexibility index (Phi) is 4.93. The Balaban J connectivity index is 1.67. The van der Waals surface area contributed by atoms with E-state index in [1.165, 1.54) is 0 Å². The summed E-state index contributed by atoms with van der Waals surface area (Å²) in [6, 6.07) is 7.65. The molecule has 0 bridgehead atoms. The standard InChI is InChI=1S/C18H22N4O2/c1-2-17(23)19-12-16-4-3-9-22(16)18(24)14-7-5-13(6-8-14)15-10-20-21-11-15/h5-8,10-11,16H,2-4,9,12H2,1H3,(H,19,23)(H,20,21)/t16-/m1/s1. The lowest BCUT2D eigenvalue weighted by Crippen LogP contribution is -2.43. The molecule has 0 spiro atoms. The molecule has 126 valence electrons. The second-order valence-corrected chi connectivity index (χ2v) is 6.02. The van der Waals surface area contributed by atoms with Gasteiger partial charge in [-0.2, -0.15) is 5.10 Å². The van der Waals surface area contributed by atoms with E-state index in [0.29, 0.717) is 18.5 Å². The predicted molar refractivity (Wildman–Crippen MR) is 91.4 cm³/mol. The summed E-state index contributed by atoms with van der Waals surface area (Å²) in [5, 5.41) is 9.62. The van der Waals surface area contributed by atoms with Gasteiger partial charge in [0, 0.05) is 42.9 Å². The minimum atomic E-state index is 0.0266. The molecule has 24 heavy (non-hydrogen) atoms. The Hall–Kier alpha value is -2.63. The molecule has 1 aliphatic rings. The van der Waals surface area contributed by atoms with Gasteiger partial charge in [-0.1, -0.05) is 19.1 Å². The molecule has 1 atom stereocenters. The van der Waals surface area contributed by atoms with Gasteiger partial charge in [0.2, 0.25) is 5.91 Å². The Bertz CT molecular complexity index is 694. The fourth-order valence-electron chi connectivity index (χ4n) is 3.05. The minimum Gasteiger partial charge on any atom is -0.354 e. The fourth-order valence-corrected chi connectivity index (χ4v) is 3.05. The Labute approximate surface area is 141 Å². The van der Waals surface area contributed by atoms with Gasteiger partial charge in [-0.05, 0) is 30.5 Å². The maximum absolute atomic E-state index is 12.8. The van der Waals surface area contributed by atoms with Gasteiger partial charge in [-0.3, -0.25) is 14.7 Å².